The molecule has 4 N–H and O–H groups in total. The number of nitrogens with two attached hydrogens (primary N) is 1. The summed E-state index contributed by atoms with van der Waals surface area (Å²) in [6.07, 6.45) is -0.418. The van der Waals surface area contributed by atoms with E-state index in [1.54, 1.807) is 24.3 Å². The molecule has 4 amide bonds. The molecule has 9 nitrogen and oxygen atoms in total. The predicted octanol–water partition coefficient (Wildman–Crippen LogP) is 2.99. The number of urea groups is 1. The first-order valence-electron chi connectivity index (χ1n) is 12.0. The van der Waals surface area contributed by atoms with Crippen molar-refractivity contribution in [3.8, 4) is 11.1 Å². The second-order valence-corrected chi connectivity index (χ2v) is 8.99. The molecule has 0 saturated carbocycles. The highest BCUT2D eigenvalue weighted by Crippen LogP contribution is 2.44. The summed E-state index contributed by atoms with van der Waals surface area (Å²) in [4.78, 5) is 38.5. The second kappa shape index (κ2) is 10.1. The molecule has 0 spiro atoms. The van der Waals surface area contributed by atoms with E-state index in [2.05, 4.69) is 22.8 Å². The van der Waals surface area contributed by atoms with E-state index in [4.69, 9.17) is 15.9 Å². The summed E-state index contributed by atoms with van der Waals surface area (Å²) >= 11 is 0. The molecule has 9 heteroatoms. The number of hydrogen-bond acceptors (Lipinski definition) is 5. The van der Waals surface area contributed by atoms with Gasteiger partial charge in [0.15, 0.2) is 0 Å². The predicted molar refractivity (Wildman–Crippen MR) is 137 cm³/mol. The summed E-state index contributed by atoms with van der Waals surface area (Å²) < 4.78 is 5.45. The Labute approximate surface area is 214 Å². The van der Waals surface area contributed by atoms with Gasteiger partial charge in [0.1, 0.15) is 18.5 Å². The van der Waals surface area contributed by atoms with Gasteiger partial charge in [-0.1, -0.05) is 72.8 Å². The lowest BCUT2D eigenvalue weighted by Gasteiger charge is -2.15. The van der Waals surface area contributed by atoms with Crippen LogP contribution in [0.3, 0.4) is 0 Å². The van der Waals surface area contributed by atoms with Crippen molar-refractivity contribution in [2.24, 2.45) is 5.73 Å². The highest BCUT2D eigenvalue weighted by Gasteiger charge is 2.37. The quantitative estimate of drug-likeness (QED) is 0.250. The molecule has 5 rings (SSSR count). The van der Waals surface area contributed by atoms with Gasteiger partial charge in [-0.3, -0.25) is 15.1 Å². The number of nitrogens with zero attached hydrogens (tertiary/aromatic N) is 2. The van der Waals surface area contributed by atoms with E-state index < -0.39 is 18.2 Å². The number of imide groups is 1. The Morgan fingerprint density at radius 1 is 0.973 bits per heavy atom. The Hall–Kier alpha value is -4.66. The van der Waals surface area contributed by atoms with E-state index in [0.29, 0.717) is 12.0 Å². The second-order valence-electron chi connectivity index (χ2n) is 8.99. The van der Waals surface area contributed by atoms with Crippen molar-refractivity contribution in [2.45, 2.75) is 18.4 Å². The van der Waals surface area contributed by atoms with Crippen LogP contribution in [0.5, 0.6) is 0 Å². The van der Waals surface area contributed by atoms with Crippen LogP contribution in [0.25, 0.3) is 11.1 Å². The van der Waals surface area contributed by atoms with E-state index in [0.717, 1.165) is 32.7 Å². The number of hydrogen-bond donors (Lipinski definition) is 3. The van der Waals surface area contributed by atoms with Crippen molar-refractivity contribution < 1.29 is 19.1 Å². The van der Waals surface area contributed by atoms with Crippen molar-refractivity contribution in [3.63, 3.8) is 0 Å². The van der Waals surface area contributed by atoms with Gasteiger partial charge < -0.3 is 15.8 Å². The van der Waals surface area contributed by atoms with Gasteiger partial charge in [-0.15, -0.1) is 0 Å². The molecule has 1 unspecified atom stereocenters. The maximum Gasteiger partial charge on any atom is 0.429 e. The number of amidine groups is 1. The lowest BCUT2D eigenvalue weighted by Crippen LogP contribution is -2.37. The monoisotopic (exact) mass is 496 g/mol. The van der Waals surface area contributed by atoms with Gasteiger partial charge in [-0.25, -0.2) is 14.9 Å². The zero-order chi connectivity index (χ0) is 25.9. The zero-order valence-electron chi connectivity index (χ0n) is 20.0. The molecular formula is C28H26N5O4. The van der Waals surface area contributed by atoms with Crippen molar-refractivity contribution in [3.05, 3.63) is 95.1 Å². The normalized spacial score (nSPS) is 16.2. The summed E-state index contributed by atoms with van der Waals surface area (Å²) in [5.74, 6) is -0.478. The number of nitrogen functional groups attached to an aromatic ring is 1. The summed E-state index contributed by atoms with van der Waals surface area (Å²) in [6.45, 7) is 0.0917. The van der Waals surface area contributed by atoms with Gasteiger partial charge in [0.25, 0.3) is 5.91 Å². The molecule has 1 heterocycles. The van der Waals surface area contributed by atoms with E-state index >= 15 is 0 Å². The average Bonchev–Trinajstić information content (AvgIpc) is 3.36. The average molecular weight is 497 g/mol. The highest BCUT2D eigenvalue weighted by atomic mass is 16.5. The van der Waals surface area contributed by atoms with Crippen LogP contribution in [-0.4, -0.2) is 54.5 Å². The lowest BCUT2D eigenvalue weighted by molar-refractivity contribution is -0.127. The summed E-state index contributed by atoms with van der Waals surface area (Å²) in [6, 6.07) is 21.8. The molecule has 2 aliphatic rings. The fourth-order valence-electron chi connectivity index (χ4n) is 4.86. The molecule has 1 saturated heterocycles. The Bertz CT molecular complexity index is 1330. The fourth-order valence-corrected chi connectivity index (χ4v) is 4.86. The molecule has 1 atom stereocenters. The Morgan fingerprint density at radius 2 is 1.59 bits per heavy atom. The van der Waals surface area contributed by atoms with Gasteiger partial charge in [0.05, 0.1) is 13.1 Å². The van der Waals surface area contributed by atoms with Gasteiger partial charge in [0.2, 0.25) is 0 Å². The van der Waals surface area contributed by atoms with Crippen molar-refractivity contribution in [1.82, 2.24) is 15.5 Å². The number of nitrogens with one attached hydrogen (secondary N) is 2. The summed E-state index contributed by atoms with van der Waals surface area (Å²) in [5, 5.41) is 14.0. The minimum atomic E-state index is -0.726. The smallest absolute Gasteiger partial charge is 0.429 e. The third-order valence-electron chi connectivity index (χ3n) is 6.71. The first-order chi connectivity index (χ1) is 17.9. The number of rotatable bonds is 8. The lowest BCUT2D eigenvalue weighted by atomic mass is 9.98. The van der Waals surface area contributed by atoms with E-state index in [1.807, 2.05) is 36.4 Å². The first-order valence-corrected chi connectivity index (χ1v) is 12.0. The van der Waals surface area contributed by atoms with E-state index in [9.17, 15) is 14.4 Å². The van der Waals surface area contributed by atoms with Crippen LogP contribution in [0.15, 0.2) is 72.8 Å². The van der Waals surface area contributed by atoms with Crippen LogP contribution in [0.1, 0.15) is 28.2 Å². The topological polar surface area (TPSA) is 140 Å². The van der Waals surface area contributed by atoms with Crippen LogP contribution in [-0.2, 0) is 16.0 Å². The number of fused-ring (bicyclic) bond motifs is 3. The molecule has 1 radical (unpaired) electrons. The van der Waals surface area contributed by atoms with Crippen molar-refractivity contribution in [2.75, 3.05) is 19.7 Å². The molecule has 0 bridgehead atoms. The van der Waals surface area contributed by atoms with Gasteiger partial charge in [0, 0.05) is 17.9 Å². The SMILES string of the molecule is N=C(N)c1ccc(CC2NC(=O)N(CC[N]C(=O)OCC3c4ccccc4-c4ccccc43)C2=O)cc1. The van der Waals surface area contributed by atoms with Gasteiger partial charge >= 0.3 is 12.1 Å². The third kappa shape index (κ3) is 4.88. The largest absolute Gasteiger partial charge is 0.447 e. The molecule has 1 aliphatic carbocycles. The number of ether oxygens (including phenoxy) is 1. The third-order valence-corrected chi connectivity index (χ3v) is 6.71. The Kier molecular flexibility index (Phi) is 6.59. The van der Waals surface area contributed by atoms with Crippen LogP contribution in [0.2, 0.25) is 0 Å². The van der Waals surface area contributed by atoms with Gasteiger partial charge in [-0.05, 0) is 27.8 Å². The van der Waals surface area contributed by atoms with Crippen LogP contribution < -0.4 is 16.4 Å². The van der Waals surface area contributed by atoms with Gasteiger partial charge in [-0.2, -0.15) is 0 Å². The number of carbonyl (C=O) groups excluding carboxylic acids is 3. The van der Waals surface area contributed by atoms with Crippen molar-refractivity contribution in [1.29, 1.82) is 5.41 Å². The highest BCUT2D eigenvalue weighted by molar-refractivity contribution is 6.04. The maximum atomic E-state index is 12.7. The Morgan fingerprint density at radius 3 is 2.22 bits per heavy atom. The standard InChI is InChI=1S/C28H26N5O4/c29-25(30)18-11-9-17(10-12-18)15-24-26(34)33(27(35)32-24)14-13-31-28(36)37-16-23-21-7-3-1-5-19(21)20-6-2-4-8-22(20)23/h1-12,23-24H,13-16H2,(H3,29,30)(H,32,35). The molecule has 1 aliphatic heterocycles. The fraction of sp³-hybridized carbons (Fsp3) is 0.214. The molecular weight excluding hydrogens is 470 g/mol. The van der Waals surface area contributed by atoms with Crippen LogP contribution in [0.4, 0.5) is 9.59 Å². The summed E-state index contributed by atoms with van der Waals surface area (Å²) in [7, 11) is 0. The maximum absolute atomic E-state index is 12.7. The molecule has 0 aromatic heterocycles. The first kappa shape index (κ1) is 24.1. The molecule has 37 heavy (non-hydrogen) atoms. The van der Waals surface area contributed by atoms with Crippen molar-refractivity contribution >= 4 is 23.9 Å². The van der Waals surface area contributed by atoms with E-state index in [-0.39, 0.29) is 37.4 Å². The Balaban J connectivity index is 1.11. The molecule has 3 aromatic carbocycles. The minimum Gasteiger partial charge on any atom is -0.447 e. The van der Waals surface area contributed by atoms with E-state index in [1.165, 1.54) is 0 Å². The molecule has 1 fully saturated rings. The molecule has 3 aromatic rings. The van der Waals surface area contributed by atoms with Crippen LogP contribution >= 0.6 is 0 Å². The minimum absolute atomic E-state index is 0.0192. The number of amides is 4. The number of benzene rings is 3. The number of carbonyl (C=O) groups is 3. The summed E-state index contributed by atoms with van der Waals surface area (Å²) in [5.41, 5.74) is 11.4. The zero-order valence-corrected chi connectivity index (χ0v) is 20.0. The molecule has 187 valence electrons. The van der Waals surface area contributed by atoms with Crippen LogP contribution in [0, 0.1) is 5.41 Å².